The van der Waals surface area contributed by atoms with Crippen molar-refractivity contribution < 1.29 is 14.4 Å². The number of hydrogen-bond acceptors (Lipinski definition) is 6. The molecule has 162 valence electrons. The van der Waals surface area contributed by atoms with Gasteiger partial charge in [0, 0.05) is 25.1 Å². The predicted molar refractivity (Wildman–Crippen MR) is 116 cm³/mol. The van der Waals surface area contributed by atoms with Gasteiger partial charge in [0.25, 0.3) is 0 Å². The number of primary amides is 1. The zero-order valence-electron chi connectivity index (χ0n) is 17.7. The Hall–Kier alpha value is -2.88. The first-order valence-corrected chi connectivity index (χ1v) is 10.7. The van der Waals surface area contributed by atoms with E-state index in [2.05, 4.69) is 34.7 Å². The molecule has 1 aromatic heterocycles. The molecule has 2 aromatic rings. The van der Waals surface area contributed by atoms with E-state index in [4.69, 9.17) is 5.73 Å². The molecular formula is C20H28N6O3S. The molecule has 4 amide bonds. The number of hydrogen-bond donors (Lipinski definition) is 3. The van der Waals surface area contributed by atoms with E-state index >= 15 is 0 Å². The lowest BCUT2D eigenvalue weighted by Gasteiger charge is -2.12. The fourth-order valence-corrected chi connectivity index (χ4v) is 3.44. The zero-order valence-corrected chi connectivity index (χ0v) is 18.5. The number of anilines is 1. The van der Waals surface area contributed by atoms with E-state index in [1.165, 1.54) is 11.8 Å². The number of aromatic nitrogens is 3. The zero-order chi connectivity index (χ0) is 22.3. The van der Waals surface area contributed by atoms with Gasteiger partial charge in [-0.25, -0.2) is 4.79 Å². The number of imide groups is 1. The highest BCUT2D eigenvalue weighted by atomic mass is 32.2. The molecule has 0 unspecified atom stereocenters. The van der Waals surface area contributed by atoms with Gasteiger partial charge in [0.1, 0.15) is 5.82 Å². The van der Waals surface area contributed by atoms with Crippen LogP contribution in [0.3, 0.4) is 0 Å². The van der Waals surface area contributed by atoms with Crippen LogP contribution in [0.1, 0.15) is 37.2 Å². The summed E-state index contributed by atoms with van der Waals surface area (Å²) >= 11 is 1.19. The van der Waals surface area contributed by atoms with Crippen LogP contribution in [0.25, 0.3) is 0 Å². The molecule has 0 bridgehead atoms. The molecule has 2 rings (SSSR count). The normalized spacial score (nSPS) is 10.8. The van der Waals surface area contributed by atoms with E-state index in [0.29, 0.717) is 35.6 Å². The fraction of sp³-hybridized carbons (Fsp3) is 0.450. The highest BCUT2D eigenvalue weighted by molar-refractivity contribution is 7.99. The standard InChI is InChI=1S/C20H28N6O3S/c1-12(2)10-26-17(8-7-16(21)27)24-25-20(26)30-11-18(28)23-19(29)22-15-6-5-13(3)14(4)9-15/h5-6,9,12H,7-8,10-11H2,1-4H3,(H2,21,27)(H2,22,23,28,29). The van der Waals surface area contributed by atoms with Crippen molar-refractivity contribution in [3.63, 3.8) is 0 Å². The molecule has 0 aliphatic carbocycles. The van der Waals surface area contributed by atoms with Crippen molar-refractivity contribution in [1.82, 2.24) is 20.1 Å². The van der Waals surface area contributed by atoms with Crippen LogP contribution in [0.5, 0.6) is 0 Å². The number of nitrogens with two attached hydrogens (primary N) is 1. The van der Waals surface area contributed by atoms with Gasteiger partial charge in [-0.15, -0.1) is 10.2 Å². The van der Waals surface area contributed by atoms with Gasteiger partial charge in [0.05, 0.1) is 5.75 Å². The molecule has 0 atom stereocenters. The van der Waals surface area contributed by atoms with Gasteiger partial charge >= 0.3 is 6.03 Å². The van der Waals surface area contributed by atoms with Crippen LogP contribution in [0, 0.1) is 19.8 Å². The minimum atomic E-state index is -0.588. The first-order chi connectivity index (χ1) is 14.2. The molecule has 4 N–H and O–H groups in total. The molecule has 0 aliphatic heterocycles. The van der Waals surface area contributed by atoms with E-state index in [1.54, 1.807) is 6.07 Å². The van der Waals surface area contributed by atoms with E-state index in [-0.39, 0.29) is 12.2 Å². The monoisotopic (exact) mass is 432 g/mol. The molecular weight excluding hydrogens is 404 g/mol. The Morgan fingerprint density at radius 1 is 1.17 bits per heavy atom. The summed E-state index contributed by atoms with van der Waals surface area (Å²) in [6, 6.07) is 4.94. The summed E-state index contributed by atoms with van der Waals surface area (Å²) in [4.78, 5) is 35.3. The Bertz CT molecular complexity index is 925. The summed E-state index contributed by atoms with van der Waals surface area (Å²) in [5.41, 5.74) is 8.01. The number of rotatable bonds is 9. The number of carbonyl (C=O) groups is 3. The molecule has 0 aliphatic rings. The van der Waals surface area contributed by atoms with Gasteiger partial charge in [0.15, 0.2) is 5.16 Å². The molecule has 1 heterocycles. The average Bonchev–Trinajstić information content (AvgIpc) is 3.02. The van der Waals surface area contributed by atoms with Crippen molar-refractivity contribution >= 4 is 35.3 Å². The van der Waals surface area contributed by atoms with Crippen molar-refractivity contribution in [2.24, 2.45) is 11.7 Å². The maximum atomic E-state index is 12.2. The number of benzene rings is 1. The fourth-order valence-electron chi connectivity index (χ4n) is 2.67. The third kappa shape index (κ3) is 7.18. The lowest BCUT2D eigenvalue weighted by Crippen LogP contribution is -2.35. The largest absolute Gasteiger partial charge is 0.370 e. The maximum absolute atomic E-state index is 12.2. The second-order valence-electron chi connectivity index (χ2n) is 7.46. The topological polar surface area (TPSA) is 132 Å². The SMILES string of the molecule is Cc1ccc(NC(=O)NC(=O)CSc2nnc(CCC(N)=O)n2CC(C)C)cc1C. The Kier molecular flexibility index (Phi) is 8.40. The summed E-state index contributed by atoms with van der Waals surface area (Å²) in [5, 5.41) is 13.8. The summed E-state index contributed by atoms with van der Waals surface area (Å²) in [6.07, 6.45) is 0.570. The number of thioether (sulfide) groups is 1. The van der Waals surface area contributed by atoms with Gasteiger partial charge in [-0.3, -0.25) is 14.9 Å². The summed E-state index contributed by atoms with van der Waals surface area (Å²) in [6.45, 7) is 8.69. The third-order valence-corrected chi connectivity index (χ3v) is 5.25. The molecule has 9 nitrogen and oxygen atoms in total. The number of nitrogens with one attached hydrogen (secondary N) is 2. The number of aryl methyl sites for hydroxylation is 3. The first-order valence-electron chi connectivity index (χ1n) is 9.67. The van der Waals surface area contributed by atoms with Gasteiger partial charge < -0.3 is 15.6 Å². The molecule has 10 heteroatoms. The van der Waals surface area contributed by atoms with E-state index < -0.39 is 17.8 Å². The minimum absolute atomic E-state index is 0.00634. The number of amides is 4. The number of carbonyl (C=O) groups excluding carboxylic acids is 3. The average molecular weight is 433 g/mol. The van der Waals surface area contributed by atoms with Gasteiger partial charge in [-0.05, 0) is 43.0 Å². The molecule has 0 fully saturated rings. The molecule has 0 radical (unpaired) electrons. The van der Waals surface area contributed by atoms with Crippen LogP contribution in [-0.4, -0.2) is 38.4 Å². The van der Waals surface area contributed by atoms with Crippen LogP contribution in [0.15, 0.2) is 23.4 Å². The van der Waals surface area contributed by atoms with E-state index in [0.717, 1.165) is 11.1 Å². The van der Waals surface area contributed by atoms with Crippen molar-refractivity contribution in [2.75, 3.05) is 11.1 Å². The van der Waals surface area contributed by atoms with E-state index in [1.807, 2.05) is 30.5 Å². The van der Waals surface area contributed by atoms with Gasteiger partial charge in [-0.2, -0.15) is 0 Å². The lowest BCUT2D eigenvalue weighted by molar-refractivity contribution is -0.118. The van der Waals surface area contributed by atoms with Crippen molar-refractivity contribution in [1.29, 1.82) is 0 Å². The van der Waals surface area contributed by atoms with Crippen LogP contribution >= 0.6 is 11.8 Å². The van der Waals surface area contributed by atoms with Crippen LogP contribution in [0.2, 0.25) is 0 Å². The summed E-state index contributed by atoms with van der Waals surface area (Å²) in [7, 11) is 0. The van der Waals surface area contributed by atoms with Gasteiger partial charge in [0.2, 0.25) is 11.8 Å². The van der Waals surface area contributed by atoms with Crippen LogP contribution < -0.4 is 16.4 Å². The van der Waals surface area contributed by atoms with Crippen molar-refractivity contribution in [3.05, 3.63) is 35.2 Å². The Morgan fingerprint density at radius 2 is 1.90 bits per heavy atom. The highest BCUT2D eigenvalue weighted by Gasteiger charge is 2.17. The summed E-state index contributed by atoms with van der Waals surface area (Å²) in [5.74, 6) is 0.131. The molecule has 0 spiro atoms. The van der Waals surface area contributed by atoms with Gasteiger partial charge in [-0.1, -0.05) is 31.7 Å². The quantitative estimate of drug-likeness (QED) is 0.521. The molecule has 0 saturated carbocycles. The molecule has 30 heavy (non-hydrogen) atoms. The first kappa shape index (κ1) is 23.4. The molecule has 1 aromatic carbocycles. The van der Waals surface area contributed by atoms with Crippen LogP contribution in [-0.2, 0) is 22.6 Å². The second kappa shape index (κ2) is 10.8. The Morgan fingerprint density at radius 3 is 2.53 bits per heavy atom. The summed E-state index contributed by atoms with van der Waals surface area (Å²) < 4.78 is 1.89. The Balaban J connectivity index is 1.93. The predicted octanol–water partition coefficient (Wildman–Crippen LogP) is 2.41. The second-order valence-corrected chi connectivity index (χ2v) is 8.40. The maximum Gasteiger partial charge on any atom is 0.325 e. The smallest absolute Gasteiger partial charge is 0.325 e. The van der Waals surface area contributed by atoms with Crippen molar-refractivity contribution in [2.45, 2.75) is 52.2 Å². The van der Waals surface area contributed by atoms with E-state index in [9.17, 15) is 14.4 Å². The van der Waals surface area contributed by atoms with Crippen LogP contribution in [0.4, 0.5) is 10.5 Å². The van der Waals surface area contributed by atoms with Crippen molar-refractivity contribution in [3.8, 4) is 0 Å². The number of urea groups is 1. The number of nitrogens with zero attached hydrogens (tertiary/aromatic N) is 3. The Labute approximate surface area is 180 Å². The lowest BCUT2D eigenvalue weighted by atomic mass is 10.1. The third-order valence-electron chi connectivity index (χ3n) is 4.29. The minimum Gasteiger partial charge on any atom is -0.370 e. The molecule has 0 saturated heterocycles. The highest BCUT2D eigenvalue weighted by Crippen LogP contribution is 2.19.